The highest BCUT2D eigenvalue weighted by Gasteiger charge is 2.22. The summed E-state index contributed by atoms with van der Waals surface area (Å²) in [4.78, 5) is 38.3. The largest absolute Gasteiger partial charge is 0.484 e. The van der Waals surface area contributed by atoms with Gasteiger partial charge in [-0.15, -0.1) is 24.8 Å². The van der Waals surface area contributed by atoms with E-state index in [4.69, 9.17) is 60.3 Å². The summed E-state index contributed by atoms with van der Waals surface area (Å²) >= 11 is 11.4. The van der Waals surface area contributed by atoms with Gasteiger partial charge in [-0.1, -0.05) is 29.3 Å². The predicted molar refractivity (Wildman–Crippen MR) is 172 cm³/mol. The van der Waals surface area contributed by atoms with Gasteiger partial charge in [-0.25, -0.2) is 9.97 Å². The summed E-state index contributed by atoms with van der Waals surface area (Å²) in [6.07, 6.45) is 0. The number of halogens is 4. The minimum absolute atomic E-state index is 0. The molecular weight excluding hydrogens is 660 g/mol. The van der Waals surface area contributed by atoms with Crippen LogP contribution in [0.2, 0.25) is 10.2 Å². The van der Waals surface area contributed by atoms with Crippen molar-refractivity contribution in [1.82, 2.24) is 19.8 Å². The van der Waals surface area contributed by atoms with Crippen molar-refractivity contribution < 1.29 is 23.8 Å². The van der Waals surface area contributed by atoms with E-state index in [1.54, 1.807) is 24.3 Å². The SMILES string of the molecule is Cl.Cl.NC(N)=NC(=O)c1nc(Cl)c(N)nc1N.O=C(COc1ccc(Cl)cc1)N1CCN(Cc2ccc3c(c2)OCO3)CC1. The molecule has 8 N–H and O–H groups in total. The quantitative estimate of drug-likeness (QED) is 0.217. The van der Waals surface area contributed by atoms with E-state index in [1.165, 1.54) is 5.56 Å². The van der Waals surface area contributed by atoms with Gasteiger partial charge < -0.3 is 42.0 Å². The van der Waals surface area contributed by atoms with Gasteiger partial charge in [-0.3, -0.25) is 14.5 Å². The lowest BCUT2D eigenvalue weighted by Gasteiger charge is -2.34. The summed E-state index contributed by atoms with van der Waals surface area (Å²) < 4.78 is 16.3. The number of guanidine groups is 1. The summed E-state index contributed by atoms with van der Waals surface area (Å²) in [6.45, 7) is 4.24. The van der Waals surface area contributed by atoms with Crippen LogP contribution in [0.3, 0.4) is 0 Å². The predicted octanol–water partition coefficient (Wildman–Crippen LogP) is 2.34. The summed E-state index contributed by atoms with van der Waals surface area (Å²) in [5.74, 6) is 0.760. The number of aromatic nitrogens is 2. The Kier molecular flexibility index (Phi) is 13.8. The number of hydrogen-bond donors (Lipinski definition) is 4. The number of rotatable bonds is 6. The molecule has 5 rings (SSSR count). The summed E-state index contributed by atoms with van der Waals surface area (Å²) in [5, 5.41) is 0.505. The first kappa shape index (κ1) is 36.2. The standard InChI is InChI=1S/C20H21ClN2O4.C6H8ClN7O.2ClH/c21-16-2-4-17(5-3-16)25-13-20(24)23-9-7-22(8-10-23)12-15-1-6-18-19(11-15)27-14-26-18;7-2-4(9)13-3(8)1(12-2)5(15)14-6(10)11;;/h1-6,11H,7-10,12-14H2;(H4,8,9,13)(H4,10,11,14,15);2*1H. The van der Waals surface area contributed by atoms with Crippen LogP contribution in [0, 0.1) is 0 Å². The van der Waals surface area contributed by atoms with E-state index in [1.807, 2.05) is 17.0 Å². The van der Waals surface area contributed by atoms with Gasteiger partial charge in [0.15, 0.2) is 46.5 Å². The number of benzene rings is 2. The van der Waals surface area contributed by atoms with E-state index in [2.05, 4.69) is 25.9 Å². The van der Waals surface area contributed by atoms with Crippen molar-refractivity contribution >= 4 is 77.4 Å². The van der Waals surface area contributed by atoms with Gasteiger partial charge in [0.2, 0.25) is 6.79 Å². The molecule has 2 aliphatic heterocycles. The van der Waals surface area contributed by atoms with Crippen molar-refractivity contribution in [3.05, 3.63) is 63.9 Å². The van der Waals surface area contributed by atoms with E-state index in [9.17, 15) is 9.59 Å². The smallest absolute Gasteiger partial charge is 0.302 e. The van der Waals surface area contributed by atoms with Crippen LogP contribution in [0.1, 0.15) is 16.1 Å². The summed E-state index contributed by atoms with van der Waals surface area (Å²) in [5.41, 5.74) is 21.6. The first-order valence-electron chi connectivity index (χ1n) is 12.6. The molecule has 0 radical (unpaired) electrons. The van der Waals surface area contributed by atoms with Crippen molar-refractivity contribution in [2.45, 2.75) is 6.54 Å². The fourth-order valence-corrected chi connectivity index (χ4v) is 4.24. The number of anilines is 2. The Bertz CT molecular complexity index is 1470. The van der Waals surface area contributed by atoms with Gasteiger partial charge in [0.1, 0.15) is 5.75 Å². The molecule has 2 aromatic carbocycles. The van der Waals surface area contributed by atoms with Gasteiger partial charge in [-0.2, -0.15) is 4.99 Å². The Hall–Kier alpha value is -3.95. The average Bonchev–Trinajstić information content (AvgIpc) is 3.43. The number of piperazine rings is 1. The number of carbonyl (C=O) groups is 2. The molecule has 0 atom stereocenters. The molecule has 0 bridgehead atoms. The third-order valence-corrected chi connectivity index (χ3v) is 6.61. The molecule has 0 saturated carbocycles. The van der Waals surface area contributed by atoms with Gasteiger partial charge >= 0.3 is 5.91 Å². The number of hydrogen-bond acceptors (Lipinski definition) is 10. The Morgan fingerprint density at radius 3 is 2.23 bits per heavy atom. The number of nitrogen functional groups attached to an aromatic ring is 2. The second-order valence-electron chi connectivity index (χ2n) is 9.06. The lowest BCUT2D eigenvalue weighted by Crippen LogP contribution is -2.49. The van der Waals surface area contributed by atoms with Crippen molar-refractivity contribution in [3.63, 3.8) is 0 Å². The third-order valence-electron chi connectivity index (χ3n) is 6.08. The monoisotopic (exact) mass is 689 g/mol. The van der Waals surface area contributed by atoms with Gasteiger partial charge in [0.25, 0.3) is 5.91 Å². The van der Waals surface area contributed by atoms with Crippen LogP contribution in [0.25, 0.3) is 0 Å². The van der Waals surface area contributed by atoms with Gasteiger partial charge in [0, 0.05) is 37.7 Å². The summed E-state index contributed by atoms with van der Waals surface area (Å²) in [6, 6.07) is 13.1. The maximum Gasteiger partial charge on any atom is 0.302 e. The molecule has 0 spiro atoms. The fraction of sp³-hybridized carbons (Fsp3) is 0.269. The van der Waals surface area contributed by atoms with Crippen molar-refractivity contribution in [2.24, 2.45) is 16.5 Å². The Labute approximate surface area is 275 Å². The number of nitrogens with two attached hydrogens (primary N) is 4. The highest BCUT2D eigenvalue weighted by Crippen LogP contribution is 2.33. The lowest BCUT2D eigenvalue weighted by molar-refractivity contribution is -0.135. The average molecular weight is 691 g/mol. The minimum atomic E-state index is -0.832. The van der Waals surface area contributed by atoms with Gasteiger partial charge in [-0.05, 0) is 42.0 Å². The molecule has 238 valence electrons. The number of ether oxygens (including phenoxy) is 3. The van der Waals surface area contributed by atoms with Crippen LogP contribution >= 0.6 is 48.0 Å². The van der Waals surface area contributed by atoms with E-state index in [-0.39, 0.29) is 66.6 Å². The van der Waals surface area contributed by atoms with Crippen molar-refractivity contribution in [2.75, 3.05) is 51.0 Å². The molecule has 18 heteroatoms. The highest BCUT2D eigenvalue weighted by molar-refractivity contribution is 6.31. The molecule has 1 fully saturated rings. The zero-order valence-corrected chi connectivity index (χ0v) is 26.3. The third kappa shape index (κ3) is 10.1. The van der Waals surface area contributed by atoms with Crippen molar-refractivity contribution in [1.29, 1.82) is 0 Å². The highest BCUT2D eigenvalue weighted by atomic mass is 35.5. The van der Waals surface area contributed by atoms with Crippen LogP contribution in [0.5, 0.6) is 17.2 Å². The Morgan fingerprint density at radius 1 is 0.909 bits per heavy atom. The van der Waals surface area contributed by atoms with Crippen LogP contribution in [-0.2, 0) is 11.3 Å². The molecule has 1 saturated heterocycles. The van der Waals surface area contributed by atoms with E-state index in [0.717, 1.165) is 31.1 Å². The topological polar surface area (TPSA) is 211 Å². The molecule has 44 heavy (non-hydrogen) atoms. The first-order chi connectivity index (χ1) is 20.1. The second kappa shape index (κ2) is 16.8. The zero-order valence-electron chi connectivity index (χ0n) is 23.2. The number of aliphatic imine (C=N–C) groups is 1. The number of carbonyl (C=O) groups excluding carboxylic acids is 2. The molecule has 0 aliphatic carbocycles. The zero-order chi connectivity index (χ0) is 30.2. The molecule has 1 aromatic heterocycles. The lowest BCUT2D eigenvalue weighted by atomic mass is 10.1. The normalized spacial score (nSPS) is 13.4. The van der Waals surface area contributed by atoms with Crippen LogP contribution < -0.4 is 37.1 Å². The molecule has 2 aliphatic rings. The second-order valence-corrected chi connectivity index (χ2v) is 9.86. The molecule has 3 heterocycles. The number of fused-ring (bicyclic) bond motifs is 1. The Balaban J connectivity index is 0.000000342. The molecule has 2 amide bonds. The van der Waals surface area contributed by atoms with Crippen LogP contribution in [0.15, 0.2) is 47.5 Å². The maximum atomic E-state index is 12.4. The van der Waals surface area contributed by atoms with Crippen LogP contribution in [-0.4, -0.2) is 77.1 Å². The minimum Gasteiger partial charge on any atom is -0.484 e. The van der Waals surface area contributed by atoms with E-state index >= 15 is 0 Å². The molecule has 14 nitrogen and oxygen atoms in total. The van der Waals surface area contributed by atoms with Gasteiger partial charge in [0.05, 0.1) is 0 Å². The maximum absolute atomic E-state index is 12.4. The fourth-order valence-electron chi connectivity index (χ4n) is 3.99. The Morgan fingerprint density at radius 2 is 1.57 bits per heavy atom. The molecule has 3 aromatic rings. The van der Waals surface area contributed by atoms with Crippen molar-refractivity contribution in [3.8, 4) is 17.2 Å². The summed E-state index contributed by atoms with van der Waals surface area (Å²) in [7, 11) is 0. The molecular formula is C26H31Cl4N9O5. The van der Waals surface area contributed by atoms with E-state index < -0.39 is 11.9 Å². The molecule has 0 unspecified atom stereocenters. The van der Waals surface area contributed by atoms with Crippen LogP contribution in [0.4, 0.5) is 11.6 Å². The first-order valence-corrected chi connectivity index (χ1v) is 13.3. The number of nitrogens with zero attached hydrogens (tertiary/aromatic N) is 5. The number of amides is 2. The van der Waals surface area contributed by atoms with E-state index in [0.29, 0.717) is 23.9 Å².